The second-order valence-electron chi connectivity index (χ2n) is 8.82. The molecule has 0 saturated carbocycles. The highest BCUT2D eigenvalue weighted by molar-refractivity contribution is 6.04. The van der Waals surface area contributed by atoms with Crippen molar-refractivity contribution in [2.75, 3.05) is 5.01 Å². The van der Waals surface area contributed by atoms with E-state index in [-0.39, 0.29) is 5.91 Å². The summed E-state index contributed by atoms with van der Waals surface area (Å²) >= 11 is 0. The highest BCUT2D eigenvalue weighted by Crippen LogP contribution is 2.25. The topological polar surface area (TPSA) is 63.9 Å². The summed E-state index contributed by atoms with van der Waals surface area (Å²) in [4.78, 5) is 25.1. The van der Waals surface area contributed by atoms with Gasteiger partial charge in [-0.3, -0.25) is 9.36 Å². The molecule has 0 N–H and O–H groups in total. The fraction of sp³-hybridized carbons (Fsp3) is 0.320. The molecule has 31 heavy (non-hydrogen) atoms. The lowest BCUT2D eigenvalue weighted by molar-refractivity contribution is -0.116. The molecule has 0 unspecified atom stereocenters. The zero-order chi connectivity index (χ0) is 22.9. The molecule has 0 fully saturated rings. The van der Waals surface area contributed by atoms with Gasteiger partial charge >= 0.3 is 6.09 Å². The molecule has 0 bridgehead atoms. The van der Waals surface area contributed by atoms with Crippen LogP contribution in [0.4, 0.5) is 10.5 Å². The molecule has 3 rings (SSSR count). The van der Waals surface area contributed by atoms with Crippen LogP contribution < -0.4 is 5.01 Å². The van der Waals surface area contributed by atoms with E-state index in [2.05, 4.69) is 5.10 Å². The lowest BCUT2D eigenvalue weighted by Gasteiger charge is -2.19. The number of carbonyl (C=O) groups is 2. The maximum Gasteiger partial charge on any atom is 0.419 e. The van der Waals surface area contributed by atoms with Crippen LogP contribution >= 0.6 is 0 Å². The number of aryl methyl sites for hydroxylation is 3. The van der Waals surface area contributed by atoms with Gasteiger partial charge in [0.15, 0.2) is 0 Å². The second kappa shape index (κ2) is 8.38. The van der Waals surface area contributed by atoms with Crippen molar-refractivity contribution in [3.05, 3.63) is 64.8 Å². The molecular weight excluding hydrogens is 390 g/mol. The molecule has 0 radical (unpaired) electrons. The Hall–Kier alpha value is -3.41. The molecule has 0 aliphatic carbocycles. The Labute approximate surface area is 183 Å². The Morgan fingerprint density at radius 1 is 1.03 bits per heavy atom. The van der Waals surface area contributed by atoms with Crippen LogP contribution in [0, 0.1) is 20.8 Å². The van der Waals surface area contributed by atoms with Gasteiger partial charge in [0.25, 0.3) is 0 Å². The van der Waals surface area contributed by atoms with E-state index < -0.39 is 11.7 Å². The van der Waals surface area contributed by atoms with E-state index in [0.29, 0.717) is 0 Å². The Morgan fingerprint density at radius 2 is 1.68 bits per heavy atom. The second-order valence-corrected chi connectivity index (χ2v) is 8.82. The zero-order valence-corrected chi connectivity index (χ0v) is 19.2. The third-order valence-corrected chi connectivity index (χ3v) is 4.77. The smallest absolute Gasteiger partial charge is 0.419 e. The number of amides is 1. The van der Waals surface area contributed by atoms with Crippen LogP contribution in [-0.2, 0) is 9.53 Å². The predicted octanol–water partition coefficient (Wildman–Crippen LogP) is 5.74. The summed E-state index contributed by atoms with van der Waals surface area (Å²) in [5, 5.41) is 6.69. The highest BCUT2D eigenvalue weighted by Gasteiger charge is 2.21. The molecule has 3 aromatic rings. The van der Waals surface area contributed by atoms with E-state index in [1.54, 1.807) is 12.4 Å². The van der Waals surface area contributed by atoms with Gasteiger partial charge in [0.05, 0.1) is 17.4 Å². The van der Waals surface area contributed by atoms with E-state index in [1.807, 2.05) is 77.9 Å². The first-order chi connectivity index (χ1) is 14.5. The van der Waals surface area contributed by atoms with Crippen LogP contribution in [0.15, 0.2) is 47.7 Å². The number of aromatic nitrogens is 1. The van der Waals surface area contributed by atoms with Gasteiger partial charge in [-0.2, -0.15) is 5.10 Å². The molecule has 2 aromatic carbocycles. The number of carbonyl (C=O) groups excluding carboxylic acids is 2. The van der Waals surface area contributed by atoms with Crippen molar-refractivity contribution in [3.63, 3.8) is 0 Å². The van der Waals surface area contributed by atoms with E-state index in [4.69, 9.17) is 4.74 Å². The van der Waals surface area contributed by atoms with E-state index in [1.165, 1.54) is 16.5 Å². The first-order valence-electron chi connectivity index (χ1n) is 10.2. The normalized spacial score (nSPS) is 11.8. The molecule has 1 amide bonds. The van der Waals surface area contributed by atoms with Crippen molar-refractivity contribution in [1.82, 2.24) is 4.57 Å². The minimum absolute atomic E-state index is 0.199. The van der Waals surface area contributed by atoms with E-state index >= 15 is 0 Å². The quantitative estimate of drug-likeness (QED) is 0.402. The molecule has 0 saturated heterocycles. The monoisotopic (exact) mass is 419 g/mol. The highest BCUT2D eigenvalue weighted by atomic mass is 16.6. The summed E-state index contributed by atoms with van der Waals surface area (Å²) in [5.74, 6) is -0.199. The summed E-state index contributed by atoms with van der Waals surface area (Å²) in [5.41, 5.74) is 4.66. The zero-order valence-electron chi connectivity index (χ0n) is 19.2. The summed E-state index contributed by atoms with van der Waals surface area (Å²) in [6.45, 7) is 12.9. The van der Waals surface area contributed by atoms with E-state index in [0.717, 1.165) is 38.8 Å². The van der Waals surface area contributed by atoms with Crippen LogP contribution in [0.5, 0.6) is 0 Å². The van der Waals surface area contributed by atoms with Gasteiger partial charge in [0.1, 0.15) is 5.60 Å². The fourth-order valence-corrected chi connectivity index (χ4v) is 3.40. The maximum absolute atomic E-state index is 12.8. The van der Waals surface area contributed by atoms with Gasteiger partial charge in [0, 0.05) is 24.1 Å². The molecule has 1 heterocycles. The molecule has 6 heteroatoms. The van der Waals surface area contributed by atoms with Gasteiger partial charge in [-0.1, -0.05) is 29.8 Å². The molecule has 6 nitrogen and oxygen atoms in total. The first-order valence-corrected chi connectivity index (χ1v) is 10.2. The molecule has 1 aromatic heterocycles. The Bertz CT molecular complexity index is 1180. The molecule has 0 aliphatic heterocycles. The molecular formula is C25H29N3O3. The van der Waals surface area contributed by atoms with Gasteiger partial charge in [0.2, 0.25) is 5.91 Å². The third kappa shape index (κ3) is 5.02. The van der Waals surface area contributed by atoms with Crippen LogP contribution in [0.1, 0.15) is 49.9 Å². The lowest BCUT2D eigenvalue weighted by Crippen LogP contribution is -2.26. The van der Waals surface area contributed by atoms with Crippen LogP contribution in [0.25, 0.3) is 10.9 Å². The Morgan fingerprint density at radius 3 is 2.29 bits per heavy atom. The van der Waals surface area contributed by atoms with Crippen LogP contribution in [0.3, 0.4) is 0 Å². The third-order valence-electron chi connectivity index (χ3n) is 4.77. The van der Waals surface area contributed by atoms with Crippen LogP contribution in [0.2, 0.25) is 0 Å². The molecule has 0 aliphatic rings. The number of fused-ring (bicyclic) bond motifs is 1. The average molecular weight is 420 g/mol. The predicted molar refractivity (Wildman–Crippen MR) is 125 cm³/mol. The Kier molecular flexibility index (Phi) is 6.02. The summed E-state index contributed by atoms with van der Waals surface area (Å²) in [6.07, 6.45) is 2.85. The van der Waals surface area contributed by atoms with Crippen molar-refractivity contribution in [2.45, 2.75) is 54.1 Å². The largest absolute Gasteiger partial charge is 0.443 e. The van der Waals surface area contributed by atoms with Gasteiger partial charge in [-0.05, 0) is 64.8 Å². The van der Waals surface area contributed by atoms with Crippen molar-refractivity contribution >= 4 is 34.8 Å². The van der Waals surface area contributed by atoms with Gasteiger partial charge in [-0.15, -0.1) is 0 Å². The number of hydrogen-bond acceptors (Lipinski definition) is 4. The van der Waals surface area contributed by atoms with Crippen molar-refractivity contribution in [3.8, 4) is 0 Å². The number of rotatable bonds is 3. The molecule has 162 valence electrons. The van der Waals surface area contributed by atoms with Gasteiger partial charge < -0.3 is 4.74 Å². The number of ether oxygens (including phenoxy) is 1. The number of benzene rings is 2. The number of nitrogens with zero attached hydrogens (tertiary/aromatic N) is 3. The minimum atomic E-state index is -0.611. The molecule has 0 spiro atoms. The number of hydrazone groups is 1. The van der Waals surface area contributed by atoms with Crippen molar-refractivity contribution in [1.29, 1.82) is 0 Å². The average Bonchev–Trinajstić information content (AvgIpc) is 2.99. The first kappa shape index (κ1) is 22.3. The standard InChI is InChI=1S/C25H29N3O3/c1-16-9-11-22(18(3)12-16)28(19(4)29)26-14-20-15-27(24(30)31-25(5,6)7)23-13-17(2)8-10-21(20)23/h8-15H,1-7H3/b26-14+. The maximum atomic E-state index is 12.8. The SMILES string of the molecule is CC(=O)N(/N=C/c1cn(C(=O)OC(C)(C)C)c2cc(C)ccc12)c1ccc(C)cc1C. The minimum Gasteiger partial charge on any atom is -0.443 e. The lowest BCUT2D eigenvalue weighted by atomic mass is 10.1. The van der Waals surface area contributed by atoms with E-state index in [9.17, 15) is 9.59 Å². The summed E-state index contributed by atoms with van der Waals surface area (Å²) < 4.78 is 7.05. The van der Waals surface area contributed by atoms with Crippen LogP contribution in [-0.4, -0.2) is 28.4 Å². The Balaban J connectivity index is 2.06. The van der Waals surface area contributed by atoms with Gasteiger partial charge in [-0.25, -0.2) is 9.80 Å². The summed E-state index contributed by atoms with van der Waals surface area (Å²) in [6, 6.07) is 11.7. The fourth-order valence-electron chi connectivity index (χ4n) is 3.40. The van der Waals surface area contributed by atoms with Crippen molar-refractivity contribution < 1.29 is 14.3 Å². The van der Waals surface area contributed by atoms with Crippen molar-refractivity contribution in [2.24, 2.45) is 5.10 Å². The number of anilines is 1. The molecule has 0 atom stereocenters. The number of hydrogen-bond donors (Lipinski definition) is 0. The summed E-state index contributed by atoms with van der Waals surface area (Å²) in [7, 11) is 0.